The Morgan fingerprint density at radius 3 is 2.25 bits per heavy atom. The van der Waals surface area contributed by atoms with Crippen molar-refractivity contribution in [2.75, 3.05) is 12.3 Å². The molecule has 0 spiro atoms. The first-order valence-electron chi connectivity index (χ1n) is 8.00. The van der Waals surface area contributed by atoms with E-state index in [4.69, 9.17) is 0 Å². The summed E-state index contributed by atoms with van der Waals surface area (Å²) in [6.45, 7) is 8.19. The molecule has 3 nitrogen and oxygen atoms in total. The minimum atomic E-state index is -3.45. The molecule has 2 aromatic carbocycles. The van der Waals surface area contributed by atoms with Crippen LogP contribution in [0.1, 0.15) is 27.8 Å². The van der Waals surface area contributed by atoms with E-state index in [1.165, 1.54) is 11.1 Å². The molecule has 0 saturated carbocycles. The van der Waals surface area contributed by atoms with Gasteiger partial charge in [0.15, 0.2) is 0 Å². The Labute approximate surface area is 149 Å². The topological polar surface area (TPSA) is 46.2 Å². The van der Waals surface area contributed by atoms with Crippen LogP contribution in [0.25, 0.3) is 0 Å². The average Bonchev–Trinajstić information content (AvgIpc) is 2.45. The molecule has 0 radical (unpaired) electrons. The van der Waals surface area contributed by atoms with Gasteiger partial charge in [-0.3, -0.25) is 0 Å². The van der Waals surface area contributed by atoms with Gasteiger partial charge in [-0.2, -0.15) is 11.8 Å². The van der Waals surface area contributed by atoms with Crippen molar-refractivity contribution < 1.29 is 8.42 Å². The van der Waals surface area contributed by atoms with Crippen LogP contribution >= 0.6 is 11.8 Å². The van der Waals surface area contributed by atoms with Crippen molar-refractivity contribution in [1.29, 1.82) is 0 Å². The number of aryl methyl sites for hydroxylation is 4. The summed E-state index contributed by atoms with van der Waals surface area (Å²) in [6, 6.07) is 12.2. The predicted octanol–water partition coefficient (Wildman–Crippen LogP) is 4.13. The summed E-state index contributed by atoms with van der Waals surface area (Å²) in [5.74, 6) is 1.64. The second kappa shape index (κ2) is 8.19. The molecule has 5 heteroatoms. The molecule has 24 heavy (non-hydrogen) atoms. The van der Waals surface area contributed by atoms with Crippen LogP contribution in [-0.4, -0.2) is 20.7 Å². The number of nitrogens with one attached hydrogen (secondary N) is 1. The molecule has 0 amide bonds. The molecule has 0 aliphatic heterocycles. The summed E-state index contributed by atoms with van der Waals surface area (Å²) in [4.78, 5) is 0.414. The van der Waals surface area contributed by atoms with Crippen LogP contribution in [0, 0.1) is 27.7 Å². The largest absolute Gasteiger partial charge is 0.241 e. The van der Waals surface area contributed by atoms with Gasteiger partial charge in [-0.25, -0.2) is 13.1 Å². The number of sulfonamides is 1. The lowest BCUT2D eigenvalue weighted by atomic mass is 10.1. The van der Waals surface area contributed by atoms with Crippen molar-refractivity contribution >= 4 is 21.8 Å². The van der Waals surface area contributed by atoms with Crippen LogP contribution in [0.4, 0.5) is 0 Å². The van der Waals surface area contributed by atoms with Gasteiger partial charge in [-0.05, 0) is 44.4 Å². The van der Waals surface area contributed by atoms with Gasteiger partial charge >= 0.3 is 0 Å². The van der Waals surface area contributed by atoms with E-state index in [1.807, 2.05) is 32.9 Å². The van der Waals surface area contributed by atoms with E-state index in [1.54, 1.807) is 11.8 Å². The highest BCUT2D eigenvalue weighted by Crippen LogP contribution is 2.21. The number of hydrogen-bond acceptors (Lipinski definition) is 3. The Balaban J connectivity index is 1.90. The number of benzene rings is 2. The van der Waals surface area contributed by atoms with E-state index in [9.17, 15) is 8.42 Å². The quantitative estimate of drug-likeness (QED) is 0.752. The van der Waals surface area contributed by atoms with Crippen LogP contribution in [0.2, 0.25) is 0 Å². The van der Waals surface area contributed by atoms with Crippen molar-refractivity contribution in [3.05, 3.63) is 64.2 Å². The molecule has 2 aromatic rings. The maximum absolute atomic E-state index is 12.5. The zero-order valence-electron chi connectivity index (χ0n) is 14.7. The van der Waals surface area contributed by atoms with Gasteiger partial charge in [0.25, 0.3) is 0 Å². The zero-order valence-corrected chi connectivity index (χ0v) is 16.4. The van der Waals surface area contributed by atoms with Crippen molar-refractivity contribution in [1.82, 2.24) is 4.72 Å². The summed E-state index contributed by atoms with van der Waals surface area (Å²) < 4.78 is 27.8. The monoisotopic (exact) mass is 363 g/mol. The van der Waals surface area contributed by atoms with Gasteiger partial charge in [-0.1, -0.05) is 47.5 Å². The van der Waals surface area contributed by atoms with Crippen LogP contribution in [0.3, 0.4) is 0 Å². The van der Waals surface area contributed by atoms with E-state index >= 15 is 0 Å². The second-order valence-electron chi connectivity index (χ2n) is 6.17. The molecule has 0 heterocycles. The summed E-state index contributed by atoms with van der Waals surface area (Å²) in [5.41, 5.74) is 5.20. The molecule has 130 valence electrons. The molecule has 0 aliphatic carbocycles. The predicted molar refractivity (Wildman–Crippen MR) is 103 cm³/mol. The van der Waals surface area contributed by atoms with Crippen molar-refractivity contribution in [3.63, 3.8) is 0 Å². The van der Waals surface area contributed by atoms with E-state index < -0.39 is 10.0 Å². The Morgan fingerprint density at radius 1 is 0.958 bits per heavy atom. The molecule has 0 atom stereocenters. The highest BCUT2D eigenvalue weighted by molar-refractivity contribution is 7.98. The van der Waals surface area contributed by atoms with Crippen molar-refractivity contribution in [2.24, 2.45) is 0 Å². The van der Waals surface area contributed by atoms with Crippen LogP contribution in [0.5, 0.6) is 0 Å². The Bertz CT molecular complexity index is 791. The highest BCUT2D eigenvalue weighted by Gasteiger charge is 2.19. The van der Waals surface area contributed by atoms with Gasteiger partial charge in [0, 0.05) is 18.1 Å². The first kappa shape index (κ1) is 19.0. The molecular weight excluding hydrogens is 338 g/mol. The number of thioether (sulfide) groups is 1. The molecule has 0 aromatic heterocycles. The third kappa shape index (κ3) is 5.10. The van der Waals surface area contributed by atoms with E-state index in [0.717, 1.165) is 28.2 Å². The fourth-order valence-corrected chi connectivity index (χ4v) is 5.32. The normalized spacial score (nSPS) is 11.7. The lowest BCUT2D eigenvalue weighted by Gasteiger charge is -2.13. The third-order valence-corrected chi connectivity index (χ3v) is 6.56. The van der Waals surface area contributed by atoms with Gasteiger partial charge < -0.3 is 0 Å². The Hall–Kier alpha value is -1.30. The van der Waals surface area contributed by atoms with Crippen molar-refractivity contribution in [3.8, 4) is 0 Å². The SMILES string of the molecule is Cc1cccc(CSCCNS(=O)(=O)c2c(C)cc(C)cc2C)c1. The molecular formula is C19H25NO2S2. The van der Waals surface area contributed by atoms with E-state index in [2.05, 4.69) is 35.9 Å². The molecule has 0 aliphatic rings. The molecule has 1 N–H and O–H groups in total. The average molecular weight is 364 g/mol. The molecule has 0 bridgehead atoms. The summed E-state index contributed by atoms with van der Waals surface area (Å²) in [7, 11) is -3.45. The number of rotatable bonds is 7. The van der Waals surface area contributed by atoms with Gasteiger partial charge in [0.05, 0.1) is 4.90 Å². The second-order valence-corrected chi connectivity index (χ2v) is 8.98. The molecule has 0 saturated heterocycles. The summed E-state index contributed by atoms with van der Waals surface area (Å²) in [6.07, 6.45) is 0. The summed E-state index contributed by atoms with van der Waals surface area (Å²) in [5, 5.41) is 0. The molecule has 0 unspecified atom stereocenters. The zero-order chi connectivity index (χ0) is 17.7. The van der Waals surface area contributed by atoms with Gasteiger partial charge in [0.1, 0.15) is 0 Å². The first-order valence-corrected chi connectivity index (χ1v) is 10.6. The lowest BCUT2D eigenvalue weighted by Crippen LogP contribution is -2.27. The highest BCUT2D eigenvalue weighted by atomic mass is 32.2. The Kier molecular flexibility index (Phi) is 6.49. The van der Waals surface area contributed by atoms with Crippen LogP contribution in [0.15, 0.2) is 41.3 Å². The van der Waals surface area contributed by atoms with E-state index in [0.29, 0.717) is 11.4 Å². The fraction of sp³-hybridized carbons (Fsp3) is 0.368. The molecule has 0 fully saturated rings. The van der Waals surface area contributed by atoms with Crippen molar-refractivity contribution in [2.45, 2.75) is 38.3 Å². The third-order valence-electron chi connectivity index (χ3n) is 3.76. The molecule has 2 rings (SSSR count). The maximum Gasteiger partial charge on any atom is 0.241 e. The summed E-state index contributed by atoms with van der Waals surface area (Å²) >= 11 is 1.73. The lowest BCUT2D eigenvalue weighted by molar-refractivity contribution is 0.583. The first-order chi connectivity index (χ1) is 11.3. The van der Waals surface area contributed by atoms with Crippen LogP contribution in [-0.2, 0) is 15.8 Å². The van der Waals surface area contributed by atoms with Gasteiger partial charge in [-0.15, -0.1) is 0 Å². The minimum Gasteiger partial charge on any atom is -0.210 e. The standard InChI is InChI=1S/C19H25NO2S2/c1-14-6-5-7-18(12-14)13-23-9-8-20-24(21,22)19-16(3)10-15(2)11-17(19)4/h5-7,10-12,20H,8-9,13H2,1-4H3. The number of hydrogen-bond donors (Lipinski definition) is 1. The van der Waals surface area contributed by atoms with E-state index in [-0.39, 0.29) is 0 Å². The minimum absolute atomic E-state index is 0.414. The van der Waals surface area contributed by atoms with Gasteiger partial charge in [0.2, 0.25) is 10.0 Å². The Morgan fingerprint density at radius 2 is 1.62 bits per heavy atom. The smallest absolute Gasteiger partial charge is 0.210 e. The fourth-order valence-electron chi connectivity index (χ4n) is 2.90. The maximum atomic E-state index is 12.5. The van der Waals surface area contributed by atoms with Crippen LogP contribution < -0.4 is 4.72 Å².